The molecule has 0 unspecified atom stereocenters. The smallest absolute Gasteiger partial charge is 0.255 e. The zero-order valence-electron chi connectivity index (χ0n) is 11.5. The molecule has 1 amide bonds. The molecule has 110 valence electrons. The molecular weight excluding hydrogens is 419 g/mol. The molecule has 3 nitrogen and oxygen atoms in total. The van der Waals surface area contributed by atoms with Gasteiger partial charge in [-0.15, -0.1) is 0 Å². The van der Waals surface area contributed by atoms with Gasteiger partial charge in [-0.3, -0.25) is 4.79 Å². The Labute approximate surface area is 145 Å². The second-order valence-corrected chi connectivity index (χ2v) is 7.27. The van der Waals surface area contributed by atoms with Crippen molar-refractivity contribution in [2.75, 3.05) is 0 Å². The summed E-state index contributed by atoms with van der Waals surface area (Å²) in [7, 11) is 0. The summed E-state index contributed by atoms with van der Waals surface area (Å²) in [6.07, 6.45) is 1.55. The van der Waals surface area contributed by atoms with Crippen molar-refractivity contribution in [1.82, 2.24) is 10.3 Å². The first-order chi connectivity index (χ1) is 9.79. The number of rotatable bonds is 3. The molecule has 0 saturated heterocycles. The van der Waals surface area contributed by atoms with E-state index in [4.69, 9.17) is 11.6 Å². The zero-order valence-corrected chi connectivity index (χ0v) is 15.4. The monoisotopic (exact) mass is 430 g/mol. The van der Waals surface area contributed by atoms with E-state index < -0.39 is 5.54 Å². The minimum Gasteiger partial charge on any atom is -0.343 e. The second-order valence-electron chi connectivity index (χ2n) is 5.08. The Hall–Kier alpha value is -0.910. The number of hydrogen-bond donors (Lipinski definition) is 1. The fourth-order valence-corrected chi connectivity index (χ4v) is 2.66. The van der Waals surface area contributed by atoms with Crippen molar-refractivity contribution in [2.45, 2.75) is 19.4 Å². The van der Waals surface area contributed by atoms with Crippen LogP contribution >= 0.6 is 43.5 Å². The van der Waals surface area contributed by atoms with E-state index in [9.17, 15) is 4.79 Å². The number of carbonyl (C=O) groups excluding carboxylic acids is 1. The normalized spacial score (nSPS) is 11.3. The number of halogens is 3. The summed E-state index contributed by atoms with van der Waals surface area (Å²) in [6.45, 7) is 3.88. The van der Waals surface area contributed by atoms with Gasteiger partial charge in [-0.2, -0.15) is 0 Å². The highest BCUT2D eigenvalue weighted by Crippen LogP contribution is 2.24. The molecule has 0 radical (unpaired) electrons. The van der Waals surface area contributed by atoms with E-state index in [0.717, 1.165) is 10.0 Å². The molecule has 21 heavy (non-hydrogen) atoms. The van der Waals surface area contributed by atoms with Gasteiger partial charge in [0.15, 0.2) is 0 Å². The number of amides is 1. The molecule has 0 spiro atoms. The Kier molecular flexibility index (Phi) is 5.07. The highest BCUT2D eigenvalue weighted by molar-refractivity contribution is 9.10. The second kappa shape index (κ2) is 6.46. The minimum atomic E-state index is -0.524. The molecule has 0 aliphatic rings. The largest absolute Gasteiger partial charge is 0.343 e. The maximum atomic E-state index is 12.4. The van der Waals surface area contributed by atoms with Crippen LogP contribution in [0.2, 0.25) is 5.15 Å². The van der Waals surface area contributed by atoms with Gasteiger partial charge in [0, 0.05) is 15.1 Å². The third-order valence-electron chi connectivity index (χ3n) is 3.04. The van der Waals surface area contributed by atoms with E-state index in [1.54, 1.807) is 12.3 Å². The van der Waals surface area contributed by atoms with Crippen LogP contribution in [0.5, 0.6) is 0 Å². The molecule has 0 aliphatic heterocycles. The molecule has 1 aromatic carbocycles. The maximum Gasteiger partial charge on any atom is 0.255 e. The van der Waals surface area contributed by atoms with Gasteiger partial charge >= 0.3 is 0 Å². The topological polar surface area (TPSA) is 42.0 Å². The molecule has 6 heteroatoms. The molecule has 1 aromatic heterocycles. The third-order valence-corrected chi connectivity index (χ3v) is 4.31. The Balaban J connectivity index is 2.25. The van der Waals surface area contributed by atoms with E-state index in [2.05, 4.69) is 42.2 Å². The number of aromatic nitrogens is 1. The molecule has 2 rings (SSSR count). The van der Waals surface area contributed by atoms with E-state index in [1.165, 1.54) is 0 Å². The number of carbonyl (C=O) groups is 1. The Bertz CT molecular complexity index is 672. The van der Waals surface area contributed by atoms with Crippen LogP contribution in [-0.4, -0.2) is 10.9 Å². The summed E-state index contributed by atoms with van der Waals surface area (Å²) < 4.78 is 1.70. The maximum absolute atomic E-state index is 12.4. The average Bonchev–Trinajstić information content (AvgIpc) is 2.41. The van der Waals surface area contributed by atoms with Crippen LogP contribution in [0.3, 0.4) is 0 Å². The third kappa shape index (κ3) is 4.05. The summed E-state index contributed by atoms with van der Waals surface area (Å²) >= 11 is 12.7. The van der Waals surface area contributed by atoms with Crippen LogP contribution < -0.4 is 5.32 Å². The number of benzene rings is 1. The van der Waals surface area contributed by atoms with Crippen LogP contribution in [-0.2, 0) is 5.54 Å². The van der Waals surface area contributed by atoms with Gasteiger partial charge < -0.3 is 5.32 Å². The van der Waals surface area contributed by atoms with E-state index in [-0.39, 0.29) is 11.1 Å². The van der Waals surface area contributed by atoms with Crippen molar-refractivity contribution in [3.05, 3.63) is 61.8 Å². The van der Waals surface area contributed by atoms with Gasteiger partial charge in [-0.1, -0.05) is 39.7 Å². The standard InChI is InChI=1S/C15H13Br2ClN2O/c1-15(2,9-3-5-10(16)6-4-9)20-14(21)12-7-11(17)8-19-13(12)18/h3-8H,1-2H3,(H,20,21). The molecule has 2 aromatic rings. The summed E-state index contributed by atoms with van der Waals surface area (Å²) in [6, 6.07) is 9.46. The lowest BCUT2D eigenvalue weighted by Crippen LogP contribution is -2.41. The van der Waals surface area contributed by atoms with E-state index in [1.807, 2.05) is 38.1 Å². The van der Waals surface area contributed by atoms with Gasteiger partial charge in [-0.05, 0) is 53.5 Å². The van der Waals surface area contributed by atoms with Gasteiger partial charge in [-0.25, -0.2) is 4.98 Å². The van der Waals surface area contributed by atoms with Gasteiger partial charge in [0.05, 0.1) is 11.1 Å². The average molecular weight is 433 g/mol. The summed E-state index contributed by atoms with van der Waals surface area (Å²) in [5.74, 6) is -0.262. The van der Waals surface area contributed by atoms with Crippen molar-refractivity contribution in [2.24, 2.45) is 0 Å². The molecular formula is C15H13Br2ClN2O. The molecule has 0 aliphatic carbocycles. The van der Waals surface area contributed by atoms with Crippen LogP contribution in [0.15, 0.2) is 45.5 Å². The fraction of sp³-hybridized carbons (Fsp3) is 0.200. The lowest BCUT2D eigenvalue weighted by atomic mass is 9.94. The number of hydrogen-bond acceptors (Lipinski definition) is 2. The molecule has 0 fully saturated rings. The van der Waals surface area contributed by atoms with Crippen molar-refractivity contribution in [1.29, 1.82) is 0 Å². The number of pyridine rings is 1. The summed E-state index contributed by atoms with van der Waals surface area (Å²) in [5, 5.41) is 3.16. The Morgan fingerprint density at radius 3 is 2.43 bits per heavy atom. The number of nitrogens with one attached hydrogen (secondary N) is 1. The van der Waals surface area contributed by atoms with Gasteiger partial charge in [0.2, 0.25) is 0 Å². The molecule has 0 bridgehead atoms. The summed E-state index contributed by atoms with van der Waals surface area (Å²) in [5.41, 5.74) is 0.818. The first-order valence-electron chi connectivity index (χ1n) is 6.19. The quantitative estimate of drug-likeness (QED) is 0.699. The predicted octanol–water partition coefficient (Wildman–Crippen LogP) is 4.93. The first kappa shape index (κ1) is 16.5. The highest BCUT2D eigenvalue weighted by Gasteiger charge is 2.24. The first-order valence-corrected chi connectivity index (χ1v) is 8.15. The highest BCUT2D eigenvalue weighted by atomic mass is 79.9. The van der Waals surface area contributed by atoms with Crippen LogP contribution in [0, 0.1) is 0 Å². The fourth-order valence-electron chi connectivity index (χ4n) is 1.87. The summed E-state index contributed by atoms with van der Waals surface area (Å²) in [4.78, 5) is 16.4. The van der Waals surface area contributed by atoms with Crippen LogP contribution in [0.1, 0.15) is 29.8 Å². The van der Waals surface area contributed by atoms with Crippen LogP contribution in [0.25, 0.3) is 0 Å². The molecule has 0 saturated carbocycles. The lowest BCUT2D eigenvalue weighted by molar-refractivity contribution is 0.0912. The molecule has 1 N–H and O–H groups in total. The minimum absolute atomic E-state index is 0.183. The van der Waals surface area contributed by atoms with Crippen molar-refractivity contribution in [3.63, 3.8) is 0 Å². The van der Waals surface area contributed by atoms with Crippen molar-refractivity contribution >= 4 is 49.4 Å². The van der Waals surface area contributed by atoms with Gasteiger partial charge in [0.25, 0.3) is 5.91 Å². The van der Waals surface area contributed by atoms with Crippen molar-refractivity contribution < 1.29 is 4.79 Å². The zero-order chi connectivity index (χ0) is 15.6. The number of nitrogens with zero attached hydrogens (tertiary/aromatic N) is 1. The van der Waals surface area contributed by atoms with Gasteiger partial charge in [0.1, 0.15) is 5.15 Å². The van der Waals surface area contributed by atoms with E-state index >= 15 is 0 Å². The molecule has 0 atom stereocenters. The predicted molar refractivity (Wildman–Crippen MR) is 91.6 cm³/mol. The molecule has 1 heterocycles. The lowest BCUT2D eigenvalue weighted by Gasteiger charge is -2.27. The van der Waals surface area contributed by atoms with Crippen LogP contribution in [0.4, 0.5) is 0 Å². The Morgan fingerprint density at radius 2 is 1.81 bits per heavy atom. The Morgan fingerprint density at radius 1 is 1.19 bits per heavy atom. The van der Waals surface area contributed by atoms with E-state index in [0.29, 0.717) is 10.0 Å². The SMILES string of the molecule is CC(C)(NC(=O)c1cc(Br)cnc1Cl)c1ccc(Br)cc1. The van der Waals surface area contributed by atoms with Crippen molar-refractivity contribution in [3.8, 4) is 0 Å².